The van der Waals surface area contributed by atoms with Crippen LogP contribution in [0.5, 0.6) is 5.75 Å². The third-order valence-corrected chi connectivity index (χ3v) is 5.68. The van der Waals surface area contributed by atoms with Gasteiger partial charge >= 0.3 is 5.97 Å². The molecule has 2 atom stereocenters. The van der Waals surface area contributed by atoms with Crippen molar-refractivity contribution in [2.45, 2.75) is 45.3 Å². The van der Waals surface area contributed by atoms with Gasteiger partial charge in [-0.15, -0.1) is 0 Å². The van der Waals surface area contributed by atoms with E-state index in [1.54, 1.807) is 31.4 Å². The van der Waals surface area contributed by atoms with Gasteiger partial charge in [0.1, 0.15) is 12.4 Å². The number of benzene rings is 2. The minimum atomic E-state index is -0.429. The summed E-state index contributed by atoms with van der Waals surface area (Å²) in [6.45, 7) is 2.84. The Labute approximate surface area is 183 Å². The monoisotopic (exact) mass is 420 g/mol. The minimum Gasteiger partial charge on any atom is -0.497 e. The van der Waals surface area contributed by atoms with Crippen molar-refractivity contribution >= 4 is 11.9 Å². The van der Waals surface area contributed by atoms with E-state index in [1.807, 2.05) is 29.2 Å². The SMILES string of the molecule is CCCCN1C(=O)CC[C@@H](C(=O)OCc2ccc(C#N)cc2)[C@@H]1c1ccc(OC)cc1. The molecule has 6 nitrogen and oxygen atoms in total. The summed E-state index contributed by atoms with van der Waals surface area (Å²) < 4.78 is 10.9. The molecule has 0 bridgehead atoms. The summed E-state index contributed by atoms with van der Waals surface area (Å²) >= 11 is 0. The fraction of sp³-hybridized carbons (Fsp3) is 0.400. The van der Waals surface area contributed by atoms with Crippen LogP contribution in [0.1, 0.15) is 55.3 Å². The van der Waals surface area contributed by atoms with Crippen molar-refractivity contribution < 1.29 is 19.1 Å². The number of rotatable bonds is 8. The van der Waals surface area contributed by atoms with E-state index < -0.39 is 5.92 Å². The van der Waals surface area contributed by atoms with Gasteiger partial charge in [0.25, 0.3) is 0 Å². The van der Waals surface area contributed by atoms with E-state index >= 15 is 0 Å². The molecule has 1 aliphatic heterocycles. The number of ether oxygens (including phenoxy) is 2. The van der Waals surface area contributed by atoms with Crippen LogP contribution < -0.4 is 4.74 Å². The maximum atomic E-state index is 13.1. The molecule has 0 spiro atoms. The number of unbranched alkanes of at least 4 members (excludes halogenated alkanes) is 1. The zero-order chi connectivity index (χ0) is 22.2. The van der Waals surface area contributed by atoms with Crippen LogP contribution in [0, 0.1) is 17.2 Å². The zero-order valence-electron chi connectivity index (χ0n) is 18.0. The van der Waals surface area contributed by atoms with E-state index in [0.717, 1.165) is 29.7 Å². The average Bonchev–Trinajstić information content (AvgIpc) is 2.82. The normalized spacial score (nSPS) is 18.4. The lowest BCUT2D eigenvalue weighted by molar-refractivity contribution is -0.158. The van der Waals surface area contributed by atoms with Gasteiger partial charge in [-0.25, -0.2) is 0 Å². The molecule has 0 aliphatic carbocycles. The molecular formula is C25H28N2O4. The van der Waals surface area contributed by atoms with Crippen molar-refractivity contribution in [2.75, 3.05) is 13.7 Å². The lowest BCUT2D eigenvalue weighted by Gasteiger charge is -2.40. The Hall–Kier alpha value is -3.33. The van der Waals surface area contributed by atoms with Crippen LogP contribution >= 0.6 is 0 Å². The second kappa shape index (κ2) is 10.6. The second-order valence-corrected chi connectivity index (χ2v) is 7.72. The van der Waals surface area contributed by atoms with Gasteiger partial charge in [-0.2, -0.15) is 5.26 Å². The van der Waals surface area contributed by atoms with Gasteiger partial charge in [0.15, 0.2) is 0 Å². The number of nitrogens with zero attached hydrogens (tertiary/aromatic N) is 2. The number of carbonyl (C=O) groups is 2. The van der Waals surface area contributed by atoms with Crippen LogP contribution in [-0.2, 0) is 20.9 Å². The van der Waals surface area contributed by atoms with Gasteiger partial charge in [0, 0.05) is 13.0 Å². The first-order chi connectivity index (χ1) is 15.1. The number of hydrogen-bond acceptors (Lipinski definition) is 5. The first-order valence-corrected chi connectivity index (χ1v) is 10.7. The lowest BCUT2D eigenvalue weighted by Crippen LogP contribution is -2.46. The summed E-state index contributed by atoms with van der Waals surface area (Å²) in [5.74, 6) is 0.0665. The Morgan fingerprint density at radius 1 is 1.16 bits per heavy atom. The molecule has 2 aromatic carbocycles. The van der Waals surface area contributed by atoms with Gasteiger partial charge in [0.05, 0.1) is 30.7 Å². The van der Waals surface area contributed by atoms with Crippen molar-refractivity contribution in [1.29, 1.82) is 5.26 Å². The van der Waals surface area contributed by atoms with Gasteiger partial charge in [0.2, 0.25) is 5.91 Å². The highest BCUT2D eigenvalue weighted by atomic mass is 16.5. The van der Waals surface area contributed by atoms with E-state index in [0.29, 0.717) is 24.9 Å². The molecule has 1 amide bonds. The molecule has 0 radical (unpaired) electrons. The number of nitriles is 1. The number of esters is 1. The summed E-state index contributed by atoms with van der Waals surface area (Å²) in [4.78, 5) is 27.7. The number of likely N-dealkylation sites (tertiary alicyclic amines) is 1. The number of methoxy groups -OCH3 is 1. The Bertz CT molecular complexity index is 931. The molecule has 1 saturated heterocycles. The van der Waals surface area contributed by atoms with Gasteiger partial charge < -0.3 is 14.4 Å². The molecule has 0 saturated carbocycles. The molecule has 2 aromatic rings. The molecule has 1 heterocycles. The van der Waals surface area contributed by atoms with Gasteiger partial charge in [-0.3, -0.25) is 9.59 Å². The largest absolute Gasteiger partial charge is 0.497 e. The molecule has 3 rings (SSSR count). The Balaban J connectivity index is 1.80. The third kappa shape index (κ3) is 5.43. The van der Waals surface area contributed by atoms with Crippen LogP contribution in [0.4, 0.5) is 0 Å². The fourth-order valence-corrected chi connectivity index (χ4v) is 3.94. The number of hydrogen-bond donors (Lipinski definition) is 0. The maximum absolute atomic E-state index is 13.1. The molecule has 0 N–H and O–H groups in total. The van der Waals surface area contributed by atoms with E-state index in [2.05, 4.69) is 13.0 Å². The first kappa shape index (κ1) is 22.4. The second-order valence-electron chi connectivity index (χ2n) is 7.72. The van der Waals surface area contributed by atoms with Crippen LogP contribution in [0.2, 0.25) is 0 Å². The number of amides is 1. The summed E-state index contributed by atoms with van der Waals surface area (Å²) in [6, 6.07) is 16.2. The highest BCUT2D eigenvalue weighted by molar-refractivity contribution is 5.82. The Morgan fingerprint density at radius 2 is 1.87 bits per heavy atom. The number of carbonyl (C=O) groups excluding carboxylic acids is 2. The molecule has 0 unspecified atom stereocenters. The Kier molecular flexibility index (Phi) is 7.66. The zero-order valence-corrected chi connectivity index (χ0v) is 18.0. The van der Waals surface area contributed by atoms with Gasteiger partial charge in [-0.05, 0) is 48.2 Å². The predicted octanol–water partition coefficient (Wildman–Crippen LogP) is 4.39. The van der Waals surface area contributed by atoms with Crippen molar-refractivity contribution in [1.82, 2.24) is 4.90 Å². The highest BCUT2D eigenvalue weighted by Gasteiger charge is 2.41. The molecule has 162 valence electrons. The van der Waals surface area contributed by atoms with Crippen LogP contribution in [0.15, 0.2) is 48.5 Å². The smallest absolute Gasteiger partial charge is 0.311 e. The summed E-state index contributed by atoms with van der Waals surface area (Å²) in [7, 11) is 1.61. The standard InChI is InChI=1S/C25H28N2O4/c1-3-4-15-27-23(28)14-13-22(24(27)20-9-11-21(30-2)12-10-20)25(29)31-17-19-7-5-18(16-26)6-8-19/h5-12,22,24H,3-4,13-15,17H2,1-2H3/t22-,24+/m1/s1. The van der Waals surface area contributed by atoms with E-state index in [9.17, 15) is 9.59 Å². The van der Waals surface area contributed by atoms with Crippen molar-refractivity contribution in [3.63, 3.8) is 0 Å². The molecule has 1 aliphatic rings. The van der Waals surface area contributed by atoms with Crippen molar-refractivity contribution in [3.8, 4) is 11.8 Å². The lowest BCUT2D eigenvalue weighted by atomic mass is 9.84. The maximum Gasteiger partial charge on any atom is 0.311 e. The van der Waals surface area contributed by atoms with E-state index in [1.165, 1.54) is 0 Å². The molecular weight excluding hydrogens is 392 g/mol. The van der Waals surface area contributed by atoms with E-state index in [4.69, 9.17) is 14.7 Å². The van der Waals surface area contributed by atoms with Crippen molar-refractivity contribution in [2.24, 2.45) is 5.92 Å². The third-order valence-electron chi connectivity index (χ3n) is 5.68. The molecule has 6 heteroatoms. The van der Waals surface area contributed by atoms with Gasteiger partial charge in [-0.1, -0.05) is 37.6 Å². The van der Waals surface area contributed by atoms with E-state index in [-0.39, 0.29) is 24.5 Å². The predicted molar refractivity (Wildman–Crippen MR) is 116 cm³/mol. The highest BCUT2D eigenvalue weighted by Crippen LogP contribution is 2.38. The van der Waals surface area contributed by atoms with Crippen LogP contribution in [-0.4, -0.2) is 30.4 Å². The van der Waals surface area contributed by atoms with Crippen LogP contribution in [0.3, 0.4) is 0 Å². The summed E-state index contributed by atoms with van der Waals surface area (Å²) in [5, 5.41) is 8.92. The summed E-state index contributed by atoms with van der Waals surface area (Å²) in [5.41, 5.74) is 2.29. The topological polar surface area (TPSA) is 79.6 Å². The summed E-state index contributed by atoms with van der Waals surface area (Å²) in [6.07, 6.45) is 2.65. The fourth-order valence-electron chi connectivity index (χ4n) is 3.94. The quantitative estimate of drug-likeness (QED) is 0.592. The average molecular weight is 421 g/mol. The van der Waals surface area contributed by atoms with Crippen molar-refractivity contribution in [3.05, 3.63) is 65.2 Å². The molecule has 1 fully saturated rings. The Morgan fingerprint density at radius 3 is 2.48 bits per heavy atom. The molecule has 31 heavy (non-hydrogen) atoms. The van der Waals surface area contributed by atoms with Crippen LogP contribution in [0.25, 0.3) is 0 Å². The minimum absolute atomic E-state index is 0.0745. The first-order valence-electron chi connectivity index (χ1n) is 10.7. The number of piperidine rings is 1. The molecule has 0 aromatic heterocycles.